The molecule has 1 aromatic carbocycles. The zero-order valence-corrected chi connectivity index (χ0v) is 14.5. The van der Waals surface area contributed by atoms with Crippen LogP contribution in [0, 0.1) is 11.8 Å². The topological polar surface area (TPSA) is 48.4 Å². The first-order chi connectivity index (χ1) is 12.2. The van der Waals surface area contributed by atoms with Crippen molar-refractivity contribution < 1.29 is 14.3 Å². The molecule has 2 fully saturated rings. The maximum atomic E-state index is 11.6. The third-order valence-corrected chi connectivity index (χ3v) is 5.52. The van der Waals surface area contributed by atoms with Crippen molar-refractivity contribution in [3.05, 3.63) is 53.7 Å². The number of pyridine rings is 1. The molecule has 0 saturated heterocycles. The Morgan fingerprint density at radius 3 is 2.56 bits per heavy atom. The van der Waals surface area contributed by atoms with Crippen molar-refractivity contribution in [1.29, 1.82) is 0 Å². The Morgan fingerprint density at radius 1 is 1.12 bits per heavy atom. The van der Waals surface area contributed by atoms with Gasteiger partial charge < -0.3 is 9.47 Å². The molecule has 2 aliphatic carbocycles. The molecule has 2 aliphatic rings. The van der Waals surface area contributed by atoms with E-state index in [1.54, 1.807) is 19.1 Å². The van der Waals surface area contributed by atoms with E-state index in [-0.39, 0.29) is 5.97 Å². The number of carbonyl (C=O) groups excluding carboxylic acids is 1. The first-order valence-electron chi connectivity index (χ1n) is 9.14. The normalized spacial score (nSPS) is 24.3. The van der Waals surface area contributed by atoms with E-state index in [9.17, 15) is 4.79 Å². The van der Waals surface area contributed by atoms with Gasteiger partial charge in [-0.15, -0.1) is 0 Å². The van der Waals surface area contributed by atoms with Crippen molar-refractivity contribution in [3.63, 3.8) is 0 Å². The van der Waals surface area contributed by atoms with E-state index < -0.39 is 0 Å². The molecule has 3 atom stereocenters. The van der Waals surface area contributed by atoms with Gasteiger partial charge in [0.25, 0.3) is 0 Å². The number of esters is 1. The standard InChI is InChI=1S/C21H23NO3/c1-2-24-21(23)17-7-10-20(22-13-17)25-18-8-5-15(6-9-18)19-12-14-3-4-16(19)11-14/h5-10,13-14,16,19H,2-4,11-12H2,1H3. The lowest BCUT2D eigenvalue weighted by Gasteiger charge is -2.22. The number of nitrogens with zero attached hydrogens (tertiary/aromatic N) is 1. The molecule has 4 rings (SSSR count). The molecule has 0 amide bonds. The highest BCUT2D eigenvalue weighted by Gasteiger charge is 2.39. The number of ether oxygens (including phenoxy) is 2. The van der Waals surface area contributed by atoms with Gasteiger partial charge >= 0.3 is 5.97 Å². The summed E-state index contributed by atoms with van der Waals surface area (Å²) in [5.74, 6) is 3.44. The molecule has 130 valence electrons. The number of aromatic nitrogens is 1. The van der Waals surface area contributed by atoms with E-state index in [4.69, 9.17) is 9.47 Å². The largest absolute Gasteiger partial charge is 0.462 e. The van der Waals surface area contributed by atoms with Crippen LogP contribution in [0.4, 0.5) is 0 Å². The molecule has 4 heteroatoms. The van der Waals surface area contributed by atoms with Crippen molar-refractivity contribution in [2.24, 2.45) is 11.8 Å². The van der Waals surface area contributed by atoms with Crippen LogP contribution in [0.5, 0.6) is 11.6 Å². The van der Waals surface area contributed by atoms with E-state index in [0.29, 0.717) is 18.1 Å². The molecule has 0 aliphatic heterocycles. The lowest BCUT2D eigenvalue weighted by Crippen LogP contribution is -2.08. The predicted molar refractivity (Wildman–Crippen MR) is 94.9 cm³/mol. The van der Waals surface area contributed by atoms with Gasteiger partial charge in [-0.1, -0.05) is 18.6 Å². The smallest absolute Gasteiger partial charge is 0.339 e. The zero-order chi connectivity index (χ0) is 17.2. The minimum atomic E-state index is -0.364. The third kappa shape index (κ3) is 3.39. The van der Waals surface area contributed by atoms with Gasteiger partial charge in [-0.25, -0.2) is 9.78 Å². The van der Waals surface area contributed by atoms with Gasteiger partial charge in [0.1, 0.15) is 5.75 Å². The average Bonchev–Trinajstić information content (AvgIpc) is 3.27. The zero-order valence-electron chi connectivity index (χ0n) is 14.5. The summed E-state index contributed by atoms with van der Waals surface area (Å²) in [5.41, 5.74) is 1.87. The predicted octanol–water partition coefficient (Wildman–Crippen LogP) is 4.95. The van der Waals surface area contributed by atoms with Crippen molar-refractivity contribution in [1.82, 2.24) is 4.98 Å². The summed E-state index contributed by atoms with van der Waals surface area (Å²) < 4.78 is 10.7. The quantitative estimate of drug-likeness (QED) is 0.724. The fourth-order valence-corrected chi connectivity index (χ4v) is 4.33. The number of hydrogen-bond donors (Lipinski definition) is 0. The first-order valence-corrected chi connectivity index (χ1v) is 9.14. The maximum absolute atomic E-state index is 11.6. The Kier molecular flexibility index (Phi) is 4.43. The fourth-order valence-electron chi connectivity index (χ4n) is 4.33. The summed E-state index contributed by atoms with van der Waals surface area (Å²) in [6.45, 7) is 2.13. The van der Waals surface area contributed by atoms with Gasteiger partial charge in [-0.3, -0.25) is 0 Å². The minimum absolute atomic E-state index is 0.353. The van der Waals surface area contributed by atoms with Gasteiger partial charge in [0.2, 0.25) is 5.88 Å². The third-order valence-electron chi connectivity index (χ3n) is 5.52. The Morgan fingerprint density at radius 2 is 1.96 bits per heavy atom. The molecular weight excluding hydrogens is 314 g/mol. The highest BCUT2D eigenvalue weighted by atomic mass is 16.5. The SMILES string of the molecule is CCOC(=O)c1ccc(Oc2ccc(C3CC4CCC3C4)cc2)nc1. The van der Waals surface area contributed by atoms with Crippen LogP contribution in [-0.4, -0.2) is 17.6 Å². The average molecular weight is 337 g/mol. The molecule has 1 aromatic heterocycles. The molecule has 0 spiro atoms. The molecule has 0 N–H and O–H groups in total. The van der Waals surface area contributed by atoms with E-state index >= 15 is 0 Å². The monoisotopic (exact) mass is 337 g/mol. The summed E-state index contributed by atoms with van der Waals surface area (Å²) in [7, 11) is 0. The van der Waals surface area contributed by atoms with Crippen LogP contribution in [-0.2, 0) is 4.74 Å². The Hall–Kier alpha value is -2.36. The lowest BCUT2D eigenvalue weighted by molar-refractivity contribution is 0.0526. The Labute approximate surface area is 148 Å². The molecule has 1 heterocycles. The van der Waals surface area contributed by atoms with Gasteiger partial charge in [-0.05, 0) is 67.7 Å². The van der Waals surface area contributed by atoms with Gasteiger partial charge in [0.15, 0.2) is 0 Å². The summed E-state index contributed by atoms with van der Waals surface area (Å²) in [6, 6.07) is 11.8. The number of hydrogen-bond acceptors (Lipinski definition) is 4. The van der Waals surface area contributed by atoms with Crippen molar-refractivity contribution >= 4 is 5.97 Å². The number of fused-ring (bicyclic) bond motifs is 2. The molecular formula is C21H23NO3. The fraction of sp³-hybridized carbons (Fsp3) is 0.429. The molecule has 2 bridgehead atoms. The number of benzene rings is 1. The van der Waals surface area contributed by atoms with Crippen molar-refractivity contribution in [2.45, 2.75) is 38.5 Å². The van der Waals surface area contributed by atoms with Crippen LogP contribution in [0.3, 0.4) is 0 Å². The summed E-state index contributed by atoms with van der Waals surface area (Å²) in [5, 5.41) is 0. The molecule has 2 saturated carbocycles. The van der Waals surface area contributed by atoms with Crippen LogP contribution in [0.1, 0.15) is 54.4 Å². The Bertz CT molecular complexity index is 739. The van der Waals surface area contributed by atoms with Crippen LogP contribution in [0.15, 0.2) is 42.6 Å². The van der Waals surface area contributed by atoms with Crippen LogP contribution in [0.25, 0.3) is 0 Å². The second-order valence-corrected chi connectivity index (χ2v) is 7.06. The van der Waals surface area contributed by atoms with Gasteiger partial charge in [-0.2, -0.15) is 0 Å². The highest BCUT2D eigenvalue weighted by molar-refractivity contribution is 5.89. The molecule has 2 aromatic rings. The Balaban J connectivity index is 1.40. The summed E-state index contributed by atoms with van der Waals surface area (Å²) >= 11 is 0. The molecule has 4 nitrogen and oxygen atoms in total. The second kappa shape index (κ2) is 6.87. The van der Waals surface area contributed by atoms with E-state index in [1.807, 2.05) is 12.1 Å². The van der Waals surface area contributed by atoms with Gasteiger partial charge in [0, 0.05) is 12.3 Å². The number of carbonyl (C=O) groups is 1. The lowest BCUT2D eigenvalue weighted by atomic mass is 9.83. The maximum Gasteiger partial charge on any atom is 0.339 e. The van der Waals surface area contributed by atoms with Crippen molar-refractivity contribution in [3.8, 4) is 11.6 Å². The van der Waals surface area contributed by atoms with E-state index in [1.165, 1.54) is 37.4 Å². The minimum Gasteiger partial charge on any atom is -0.462 e. The molecule has 25 heavy (non-hydrogen) atoms. The summed E-state index contributed by atoms with van der Waals surface area (Å²) in [4.78, 5) is 15.8. The van der Waals surface area contributed by atoms with E-state index in [2.05, 4.69) is 17.1 Å². The van der Waals surface area contributed by atoms with Crippen LogP contribution >= 0.6 is 0 Å². The van der Waals surface area contributed by atoms with Gasteiger partial charge in [0.05, 0.1) is 12.2 Å². The van der Waals surface area contributed by atoms with E-state index in [0.717, 1.165) is 23.5 Å². The van der Waals surface area contributed by atoms with Crippen LogP contribution in [0.2, 0.25) is 0 Å². The first kappa shape index (κ1) is 16.1. The molecule has 0 radical (unpaired) electrons. The van der Waals surface area contributed by atoms with Crippen molar-refractivity contribution in [2.75, 3.05) is 6.61 Å². The summed E-state index contributed by atoms with van der Waals surface area (Å²) in [6.07, 6.45) is 7.07. The second-order valence-electron chi connectivity index (χ2n) is 7.06. The number of rotatable bonds is 5. The van der Waals surface area contributed by atoms with Crippen LogP contribution < -0.4 is 4.74 Å². The molecule has 3 unspecified atom stereocenters. The highest BCUT2D eigenvalue weighted by Crippen LogP contribution is 2.52.